The second kappa shape index (κ2) is 7.51. The van der Waals surface area contributed by atoms with E-state index in [9.17, 15) is 0 Å². The first-order chi connectivity index (χ1) is 8.11. The van der Waals surface area contributed by atoms with Crippen molar-refractivity contribution in [3.05, 3.63) is 24.2 Å². The van der Waals surface area contributed by atoms with Crippen LogP contribution in [-0.4, -0.2) is 24.0 Å². The van der Waals surface area contributed by atoms with Gasteiger partial charge in [-0.15, -0.1) is 0 Å². The third kappa shape index (κ3) is 5.89. The van der Waals surface area contributed by atoms with Crippen molar-refractivity contribution in [2.24, 2.45) is 11.7 Å². The molecule has 1 aromatic heterocycles. The number of furan rings is 1. The lowest BCUT2D eigenvalue weighted by Crippen LogP contribution is -2.38. The summed E-state index contributed by atoms with van der Waals surface area (Å²) in [5.41, 5.74) is 6.16. The van der Waals surface area contributed by atoms with Gasteiger partial charge in [-0.2, -0.15) is 0 Å². The van der Waals surface area contributed by atoms with Crippen LogP contribution in [0.4, 0.5) is 0 Å². The summed E-state index contributed by atoms with van der Waals surface area (Å²) >= 11 is 0. The van der Waals surface area contributed by atoms with Gasteiger partial charge in [0.15, 0.2) is 0 Å². The third-order valence-corrected chi connectivity index (χ3v) is 2.77. The predicted molar refractivity (Wildman–Crippen MR) is 71.7 cm³/mol. The van der Waals surface area contributed by atoms with Gasteiger partial charge in [0.2, 0.25) is 0 Å². The van der Waals surface area contributed by atoms with E-state index in [-0.39, 0.29) is 6.04 Å². The Bertz CT molecular complexity index is 282. The molecule has 0 amide bonds. The Labute approximate surface area is 105 Å². The molecular weight excluding hydrogens is 212 g/mol. The van der Waals surface area contributed by atoms with Gasteiger partial charge in [-0.3, -0.25) is 4.90 Å². The lowest BCUT2D eigenvalue weighted by molar-refractivity contribution is 0.221. The van der Waals surface area contributed by atoms with Crippen molar-refractivity contribution in [3.8, 4) is 0 Å². The SMILES string of the molecule is CCCN(Cc1ccco1)C[C@@H](N)CC(C)C. The van der Waals surface area contributed by atoms with Crippen molar-refractivity contribution in [1.82, 2.24) is 4.90 Å². The molecule has 0 aliphatic carbocycles. The van der Waals surface area contributed by atoms with Gasteiger partial charge in [-0.05, 0) is 37.4 Å². The molecule has 2 N–H and O–H groups in total. The quantitative estimate of drug-likeness (QED) is 0.757. The van der Waals surface area contributed by atoms with E-state index in [0.717, 1.165) is 38.2 Å². The van der Waals surface area contributed by atoms with Gasteiger partial charge in [0, 0.05) is 12.6 Å². The molecule has 3 nitrogen and oxygen atoms in total. The van der Waals surface area contributed by atoms with Gasteiger partial charge in [0.05, 0.1) is 12.8 Å². The molecule has 0 aliphatic rings. The molecule has 0 bridgehead atoms. The molecule has 0 spiro atoms. The minimum Gasteiger partial charge on any atom is -0.468 e. The monoisotopic (exact) mass is 238 g/mol. The molecule has 0 aliphatic heterocycles. The van der Waals surface area contributed by atoms with Crippen LogP contribution in [0.25, 0.3) is 0 Å². The normalized spacial score (nSPS) is 13.5. The fourth-order valence-electron chi connectivity index (χ4n) is 2.19. The number of nitrogens with zero attached hydrogens (tertiary/aromatic N) is 1. The lowest BCUT2D eigenvalue weighted by Gasteiger charge is -2.25. The van der Waals surface area contributed by atoms with Gasteiger partial charge in [-0.1, -0.05) is 20.8 Å². The molecule has 0 aromatic carbocycles. The summed E-state index contributed by atoms with van der Waals surface area (Å²) in [6.45, 7) is 9.53. The van der Waals surface area contributed by atoms with Gasteiger partial charge in [0.1, 0.15) is 5.76 Å². The molecule has 1 aromatic rings. The van der Waals surface area contributed by atoms with E-state index in [1.807, 2.05) is 12.1 Å². The average molecular weight is 238 g/mol. The highest BCUT2D eigenvalue weighted by Gasteiger charge is 2.12. The van der Waals surface area contributed by atoms with E-state index < -0.39 is 0 Å². The third-order valence-electron chi connectivity index (χ3n) is 2.77. The maximum Gasteiger partial charge on any atom is 0.117 e. The number of rotatable bonds is 8. The molecule has 1 rings (SSSR count). The van der Waals surface area contributed by atoms with Crippen LogP contribution >= 0.6 is 0 Å². The fraction of sp³-hybridized carbons (Fsp3) is 0.714. The highest BCUT2D eigenvalue weighted by atomic mass is 16.3. The van der Waals surface area contributed by atoms with Gasteiger partial charge in [-0.25, -0.2) is 0 Å². The summed E-state index contributed by atoms with van der Waals surface area (Å²) in [5, 5.41) is 0. The highest BCUT2D eigenvalue weighted by Crippen LogP contribution is 2.09. The zero-order chi connectivity index (χ0) is 12.7. The van der Waals surface area contributed by atoms with E-state index in [1.165, 1.54) is 0 Å². The molecule has 0 saturated carbocycles. The molecule has 98 valence electrons. The Hall–Kier alpha value is -0.800. The van der Waals surface area contributed by atoms with Crippen molar-refractivity contribution in [2.75, 3.05) is 13.1 Å². The van der Waals surface area contributed by atoms with E-state index in [0.29, 0.717) is 5.92 Å². The first-order valence-electron chi connectivity index (χ1n) is 6.62. The fourth-order valence-corrected chi connectivity index (χ4v) is 2.19. The Morgan fingerprint density at radius 3 is 2.71 bits per heavy atom. The van der Waals surface area contributed by atoms with Crippen molar-refractivity contribution in [2.45, 2.75) is 46.2 Å². The Kier molecular flexibility index (Phi) is 6.30. The summed E-state index contributed by atoms with van der Waals surface area (Å²) in [6.07, 6.45) is 3.96. The van der Waals surface area contributed by atoms with Crippen molar-refractivity contribution in [3.63, 3.8) is 0 Å². The van der Waals surface area contributed by atoms with Gasteiger partial charge < -0.3 is 10.2 Å². The Balaban J connectivity index is 2.42. The van der Waals surface area contributed by atoms with Crippen LogP contribution in [0.15, 0.2) is 22.8 Å². The Morgan fingerprint density at radius 1 is 1.41 bits per heavy atom. The maximum absolute atomic E-state index is 6.16. The van der Waals surface area contributed by atoms with Gasteiger partial charge >= 0.3 is 0 Å². The van der Waals surface area contributed by atoms with Crippen LogP contribution in [0.1, 0.15) is 39.4 Å². The van der Waals surface area contributed by atoms with Crippen molar-refractivity contribution < 1.29 is 4.42 Å². The summed E-state index contributed by atoms with van der Waals surface area (Å²) in [5.74, 6) is 1.69. The van der Waals surface area contributed by atoms with Crippen LogP contribution in [0.2, 0.25) is 0 Å². The summed E-state index contributed by atoms with van der Waals surface area (Å²) in [6, 6.07) is 4.22. The summed E-state index contributed by atoms with van der Waals surface area (Å²) < 4.78 is 5.39. The minimum absolute atomic E-state index is 0.261. The van der Waals surface area contributed by atoms with E-state index in [4.69, 9.17) is 10.2 Å². The summed E-state index contributed by atoms with van der Waals surface area (Å²) in [7, 11) is 0. The van der Waals surface area contributed by atoms with Gasteiger partial charge in [0.25, 0.3) is 0 Å². The molecule has 17 heavy (non-hydrogen) atoms. The van der Waals surface area contributed by atoms with Crippen molar-refractivity contribution in [1.29, 1.82) is 0 Å². The zero-order valence-corrected chi connectivity index (χ0v) is 11.4. The molecule has 1 heterocycles. The maximum atomic E-state index is 6.16. The zero-order valence-electron chi connectivity index (χ0n) is 11.4. The summed E-state index contributed by atoms with van der Waals surface area (Å²) in [4.78, 5) is 2.38. The topological polar surface area (TPSA) is 42.4 Å². The largest absolute Gasteiger partial charge is 0.468 e. The number of hydrogen-bond acceptors (Lipinski definition) is 3. The average Bonchev–Trinajstić information content (AvgIpc) is 2.69. The van der Waals surface area contributed by atoms with Crippen LogP contribution < -0.4 is 5.73 Å². The van der Waals surface area contributed by atoms with Crippen LogP contribution in [0, 0.1) is 5.92 Å². The molecule has 3 heteroatoms. The van der Waals surface area contributed by atoms with Crippen LogP contribution in [0.5, 0.6) is 0 Å². The molecule has 0 unspecified atom stereocenters. The van der Waals surface area contributed by atoms with Crippen LogP contribution in [-0.2, 0) is 6.54 Å². The first-order valence-corrected chi connectivity index (χ1v) is 6.62. The number of nitrogens with two attached hydrogens (primary N) is 1. The predicted octanol–water partition coefficient (Wildman–Crippen LogP) is 2.87. The van der Waals surface area contributed by atoms with Crippen molar-refractivity contribution >= 4 is 0 Å². The molecule has 0 saturated heterocycles. The van der Waals surface area contributed by atoms with E-state index in [2.05, 4.69) is 25.7 Å². The first kappa shape index (κ1) is 14.3. The molecular formula is C14H26N2O. The highest BCUT2D eigenvalue weighted by molar-refractivity contribution is 4.98. The number of hydrogen-bond donors (Lipinski definition) is 1. The standard InChI is InChI=1S/C14H26N2O/c1-4-7-16(10-13(15)9-12(2)3)11-14-6-5-8-17-14/h5-6,8,12-13H,4,7,9-11,15H2,1-3H3/t13-/m0/s1. The molecule has 1 atom stereocenters. The van der Waals surface area contributed by atoms with E-state index >= 15 is 0 Å². The molecule has 0 radical (unpaired) electrons. The lowest BCUT2D eigenvalue weighted by atomic mass is 10.0. The second-order valence-corrected chi connectivity index (χ2v) is 5.20. The van der Waals surface area contributed by atoms with E-state index in [1.54, 1.807) is 6.26 Å². The Morgan fingerprint density at radius 2 is 2.18 bits per heavy atom. The second-order valence-electron chi connectivity index (χ2n) is 5.20. The molecule has 0 fully saturated rings. The smallest absolute Gasteiger partial charge is 0.117 e. The minimum atomic E-state index is 0.261. The van der Waals surface area contributed by atoms with Crippen LogP contribution in [0.3, 0.4) is 0 Å².